The van der Waals surface area contributed by atoms with Crippen molar-refractivity contribution < 1.29 is 21.6 Å². The Balaban J connectivity index is 2.23. The fourth-order valence-electron chi connectivity index (χ4n) is 2.01. The van der Waals surface area contributed by atoms with Crippen molar-refractivity contribution in [3.63, 3.8) is 0 Å². The molecule has 0 radical (unpaired) electrons. The van der Waals surface area contributed by atoms with Crippen LogP contribution in [0.3, 0.4) is 0 Å². The van der Waals surface area contributed by atoms with Gasteiger partial charge in [0.25, 0.3) is 10.0 Å². The molecule has 0 aliphatic heterocycles. The minimum atomic E-state index is -4.47. The van der Waals surface area contributed by atoms with Gasteiger partial charge in [0.2, 0.25) is 0 Å². The van der Waals surface area contributed by atoms with E-state index in [9.17, 15) is 21.6 Å². The van der Waals surface area contributed by atoms with Gasteiger partial charge in [-0.2, -0.15) is 17.5 Å². The molecular formula is C14H16F3N3O2S. The summed E-state index contributed by atoms with van der Waals surface area (Å²) in [5.41, 5.74) is -0.559. The van der Waals surface area contributed by atoms with Crippen LogP contribution in [0.5, 0.6) is 0 Å². The number of nitrogens with one attached hydrogen (secondary N) is 1. The van der Waals surface area contributed by atoms with Crippen LogP contribution in [0.15, 0.2) is 35.5 Å². The highest BCUT2D eigenvalue weighted by Gasteiger charge is 2.31. The Morgan fingerprint density at radius 3 is 2.57 bits per heavy atom. The zero-order valence-electron chi connectivity index (χ0n) is 12.6. The van der Waals surface area contributed by atoms with Crippen LogP contribution in [0.4, 0.5) is 13.2 Å². The van der Waals surface area contributed by atoms with Crippen LogP contribution in [0, 0.1) is 0 Å². The van der Waals surface area contributed by atoms with Gasteiger partial charge in [0, 0.05) is 20.0 Å². The highest BCUT2D eigenvalue weighted by Crippen LogP contribution is 2.30. The van der Waals surface area contributed by atoms with Gasteiger partial charge in [0.1, 0.15) is 5.82 Å². The van der Waals surface area contributed by atoms with Gasteiger partial charge in [-0.1, -0.05) is 25.1 Å². The van der Waals surface area contributed by atoms with Gasteiger partial charge in [0.15, 0.2) is 5.03 Å². The van der Waals surface area contributed by atoms with E-state index < -0.39 is 21.8 Å². The molecule has 1 aromatic heterocycles. The fourth-order valence-corrected chi connectivity index (χ4v) is 3.10. The van der Waals surface area contributed by atoms with Crippen molar-refractivity contribution in [1.82, 2.24) is 14.3 Å². The number of imidazole rings is 1. The SMILES string of the molecule is CCc1ncc(S(=O)(=O)N(C)Cc2cccc(C(F)(F)F)c2)[nH]1. The van der Waals surface area contributed by atoms with Crippen LogP contribution in [-0.2, 0) is 29.2 Å². The molecule has 0 fully saturated rings. The zero-order valence-corrected chi connectivity index (χ0v) is 13.4. The molecule has 0 saturated heterocycles. The number of alkyl halides is 3. The molecule has 0 aliphatic carbocycles. The molecule has 2 aromatic rings. The smallest absolute Gasteiger partial charge is 0.332 e. The number of aromatic amines is 1. The predicted octanol–water partition coefficient (Wildman–Crippen LogP) is 2.81. The van der Waals surface area contributed by atoms with Gasteiger partial charge in [-0.15, -0.1) is 0 Å². The largest absolute Gasteiger partial charge is 0.416 e. The Kier molecular flexibility index (Phi) is 4.81. The summed E-state index contributed by atoms with van der Waals surface area (Å²) >= 11 is 0. The summed E-state index contributed by atoms with van der Waals surface area (Å²) in [6.07, 6.45) is -2.71. The Morgan fingerprint density at radius 2 is 2.00 bits per heavy atom. The number of benzene rings is 1. The number of sulfonamides is 1. The lowest BCUT2D eigenvalue weighted by Crippen LogP contribution is -2.27. The topological polar surface area (TPSA) is 66.1 Å². The van der Waals surface area contributed by atoms with Gasteiger partial charge in [-0.3, -0.25) is 0 Å². The van der Waals surface area contributed by atoms with Crippen molar-refractivity contribution in [3.8, 4) is 0 Å². The molecule has 1 N–H and O–H groups in total. The van der Waals surface area contributed by atoms with Crippen LogP contribution < -0.4 is 0 Å². The van der Waals surface area contributed by atoms with Gasteiger partial charge in [-0.05, 0) is 11.6 Å². The molecule has 5 nitrogen and oxygen atoms in total. The molecule has 1 aromatic carbocycles. The molecule has 0 aliphatic rings. The van der Waals surface area contributed by atoms with Crippen molar-refractivity contribution >= 4 is 10.0 Å². The number of hydrogen-bond acceptors (Lipinski definition) is 3. The summed E-state index contributed by atoms with van der Waals surface area (Å²) in [6.45, 7) is 1.65. The second kappa shape index (κ2) is 6.32. The van der Waals surface area contributed by atoms with E-state index in [0.29, 0.717) is 12.2 Å². The van der Waals surface area contributed by atoms with E-state index in [2.05, 4.69) is 9.97 Å². The minimum Gasteiger partial charge on any atom is -0.332 e. The van der Waals surface area contributed by atoms with Gasteiger partial charge < -0.3 is 4.98 Å². The number of H-pyrrole nitrogens is 1. The van der Waals surface area contributed by atoms with Gasteiger partial charge in [-0.25, -0.2) is 13.4 Å². The van der Waals surface area contributed by atoms with Crippen molar-refractivity contribution in [3.05, 3.63) is 47.4 Å². The maximum Gasteiger partial charge on any atom is 0.416 e. The van der Waals surface area contributed by atoms with E-state index in [4.69, 9.17) is 0 Å². The van der Waals surface area contributed by atoms with Crippen LogP contribution in [0.2, 0.25) is 0 Å². The molecule has 0 amide bonds. The first kappa shape index (κ1) is 17.5. The fraction of sp³-hybridized carbons (Fsp3) is 0.357. The van der Waals surface area contributed by atoms with Crippen LogP contribution >= 0.6 is 0 Å². The standard InChI is InChI=1S/C14H16F3N3O2S/c1-3-12-18-8-13(19-12)23(21,22)20(2)9-10-5-4-6-11(7-10)14(15,16)17/h4-8H,3,9H2,1-2H3,(H,18,19). The second-order valence-corrected chi connectivity index (χ2v) is 7.02. The summed E-state index contributed by atoms with van der Waals surface area (Å²) in [5, 5.41) is -0.0798. The highest BCUT2D eigenvalue weighted by molar-refractivity contribution is 7.89. The Morgan fingerprint density at radius 1 is 1.30 bits per heavy atom. The first-order valence-electron chi connectivity index (χ1n) is 6.81. The van der Waals surface area contributed by atoms with E-state index >= 15 is 0 Å². The summed E-state index contributed by atoms with van der Waals surface area (Å²) in [7, 11) is -2.53. The number of hydrogen-bond donors (Lipinski definition) is 1. The highest BCUT2D eigenvalue weighted by atomic mass is 32.2. The van der Waals surface area contributed by atoms with Crippen molar-refractivity contribution in [2.75, 3.05) is 7.05 Å². The summed E-state index contributed by atoms with van der Waals surface area (Å²) in [5.74, 6) is 0.524. The molecule has 0 saturated carbocycles. The van der Waals surface area contributed by atoms with E-state index in [1.54, 1.807) is 0 Å². The third-order valence-corrected chi connectivity index (χ3v) is 5.00. The average molecular weight is 347 g/mol. The van der Waals surface area contributed by atoms with Crippen LogP contribution in [0.1, 0.15) is 23.9 Å². The second-order valence-electron chi connectivity index (χ2n) is 5.01. The van der Waals surface area contributed by atoms with Crippen molar-refractivity contribution in [2.24, 2.45) is 0 Å². The van der Waals surface area contributed by atoms with Crippen molar-refractivity contribution in [2.45, 2.75) is 31.1 Å². The minimum absolute atomic E-state index is 0.0798. The third kappa shape index (κ3) is 3.91. The Hall–Kier alpha value is -1.87. The monoisotopic (exact) mass is 347 g/mol. The molecular weight excluding hydrogens is 331 g/mol. The normalized spacial score (nSPS) is 12.8. The first-order chi connectivity index (χ1) is 10.6. The average Bonchev–Trinajstić information content (AvgIpc) is 2.96. The molecule has 9 heteroatoms. The van der Waals surface area contributed by atoms with E-state index in [1.807, 2.05) is 6.92 Å². The molecule has 126 valence electrons. The van der Waals surface area contributed by atoms with Gasteiger partial charge in [0.05, 0.1) is 11.8 Å². The van der Waals surface area contributed by atoms with Gasteiger partial charge >= 0.3 is 6.18 Å². The van der Waals surface area contributed by atoms with E-state index in [-0.39, 0.29) is 17.1 Å². The number of aromatic nitrogens is 2. The Bertz CT molecular complexity index is 785. The molecule has 0 unspecified atom stereocenters. The zero-order chi connectivity index (χ0) is 17.3. The number of halogens is 3. The molecule has 0 bridgehead atoms. The predicted molar refractivity (Wildman–Crippen MR) is 78.1 cm³/mol. The summed E-state index contributed by atoms with van der Waals surface area (Å²) in [4.78, 5) is 6.61. The number of nitrogens with zero attached hydrogens (tertiary/aromatic N) is 2. The van der Waals surface area contributed by atoms with E-state index in [0.717, 1.165) is 16.4 Å². The molecule has 0 spiro atoms. The van der Waals surface area contributed by atoms with Crippen LogP contribution in [0.25, 0.3) is 0 Å². The Labute approximate surface area is 132 Å². The summed E-state index contributed by atoms with van der Waals surface area (Å²) < 4.78 is 63.8. The molecule has 23 heavy (non-hydrogen) atoms. The maximum atomic E-state index is 12.7. The number of rotatable bonds is 5. The first-order valence-corrected chi connectivity index (χ1v) is 8.25. The number of aryl methyl sites for hydroxylation is 1. The molecule has 2 rings (SSSR count). The lowest BCUT2D eigenvalue weighted by Gasteiger charge is -2.17. The lowest BCUT2D eigenvalue weighted by molar-refractivity contribution is -0.137. The van der Waals surface area contributed by atoms with E-state index in [1.165, 1.54) is 25.4 Å². The third-order valence-electron chi connectivity index (χ3n) is 3.29. The quantitative estimate of drug-likeness (QED) is 0.904. The van der Waals surface area contributed by atoms with Crippen LogP contribution in [-0.4, -0.2) is 29.7 Å². The maximum absolute atomic E-state index is 12.7. The lowest BCUT2D eigenvalue weighted by atomic mass is 10.1. The summed E-state index contributed by atoms with van der Waals surface area (Å²) in [6, 6.07) is 4.59. The molecule has 1 heterocycles. The molecule has 0 atom stereocenters. The van der Waals surface area contributed by atoms with Crippen molar-refractivity contribution in [1.29, 1.82) is 0 Å².